The molecule has 3 rings (SSSR count). The Morgan fingerprint density at radius 1 is 1.19 bits per heavy atom. The van der Waals surface area contributed by atoms with E-state index in [9.17, 15) is 14.7 Å². The molecule has 192 valence electrons. The van der Waals surface area contributed by atoms with E-state index in [1.54, 1.807) is 36.0 Å². The van der Waals surface area contributed by atoms with Crippen LogP contribution in [0, 0.1) is 12.3 Å². The highest BCUT2D eigenvalue weighted by Crippen LogP contribution is 2.33. The predicted octanol–water partition coefficient (Wildman–Crippen LogP) is 2.52. The molecule has 0 bridgehead atoms. The molecule has 0 aliphatic rings. The molecule has 10 heteroatoms. The van der Waals surface area contributed by atoms with Crippen LogP contribution in [0.4, 0.5) is 5.69 Å². The van der Waals surface area contributed by atoms with Crippen molar-refractivity contribution in [2.24, 2.45) is 5.73 Å². The number of imidazole rings is 1. The number of H-pyrrole nitrogens is 1. The number of fused-ring (bicyclic) bond motifs is 1. The Bertz CT molecular complexity index is 1270. The first kappa shape index (κ1) is 26.7. The van der Waals surface area contributed by atoms with E-state index in [2.05, 4.69) is 10.3 Å². The van der Waals surface area contributed by atoms with Gasteiger partial charge in [-0.2, -0.15) is 0 Å². The number of carbonyl (C=O) groups is 2. The molecule has 0 aliphatic heterocycles. The van der Waals surface area contributed by atoms with Gasteiger partial charge in [0.25, 0.3) is 0 Å². The fourth-order valence-electron chi connectivity index (χ4n) is 4.56. The lowest BCUT2D eigenvalue weighted by molar-refractivity contribution is -0.140. The molecule has 0 saturated heterocycles. The molecule has 3 aromatic rings. The molecule has 1 atom stereocenters. The van der Waals surface area contributed by atoms with Crippen LogP contribution in [0.3, 0.4) is 0 Å². The number of hydrogen-bond acceptors (Lipinski definition) is 6. The van der Waals surface area contributed by atoms with E-state index in [1.807, 2.05) is 45.0 Å². The number of aryl methyl sites for hydroxylation is 1. The van der Waals surface area contributed by atoms with Crippen molar-refractivity contribution in [3.8, 4) is 0 Å². The zero-order valence-corrected chi connectivity index (χ0v) is 21.5. The van der Waals surface area contributed by atoms with Crippen molar-refractivity contribution in [2.75, 3.05) is 39.0 Å². The Labute approximate surface area is 211 Å². The van der Waals surface area contributed by atoms with Crippen molar-refractivity contribution in [3.63, 3.8) is 0 Å². The number of aliphatic carboxylic acids is 1. The number of likely N-dealkylation sites (N-methyl/N-ethyl adjacent to an activating group) is 2. The number of rotatable bonds is 11. The lowest BCUT2D eigenvalue weighted by Crippen LogP contribution is -2.50. The molecule has 1 unspecified atom stereocenters. The third-order valence-electron chi connectivity index (χ3n) is 6.49. The monoisotopic (exact) mass is 493 g/mol. The molecule has 1 aromatic heterocycles. The molecular weight excluding hydrogens is 458 g/mol. The highest BCUT2D eigenvalue weighted by Gasteiger charge is 2.40. The lowest BCUT2D eigenvalue weighted by atomic mass is 9.78. The first-order valence-electron chi connectivity index (χ1n) is 11.8. The third-order valence-corrected chi connectivity index (χ3v) is 6.49. The molecule has 10 nitrogen and oxygen atoms in total. The molecule has 0 spiro atoms. The van der Waals surface area contributed by atoms with Crippen LogP contribution in [0.1, 0.15) is 36.4 Å². The number of carboxylic acid groups (broad SMARTS) is 1. The quantitative estimate of drug-likeness (QED) is 0.203. The second-order valence-corrected chi connectivity index (χ2v) is 9.38. The second-order valence-electron chi connectivity index (χ2n) is 9.38. The number of aromatic nitrogens is 2. The minimum absolute atomic E-state index is 0.0230. The Morgan fingerprint density at radius 2 is 1.86 bits per heavy atom. The van der Waals surface area contributed by atoms with Crippen LogP contribution >= 0.6 is 0 Å². The minimum Gasteiger partial charge on any atom is -0.480 e. The molecule has 6 N–H and O–H groups in total. The number of amidine groups is 1. The summed E-state index contributed by atoms with van der Waals surface area (Å²) in [5.74, 6) is -0.253. The third kappa shape index (κ3) is 5.65. The summed E-state index contributed by atoms with van der Waals surface area (Å²) in [5.41, 5.74) is 9.43. The van der Waals surface area contributed by atoms with Gasteiger partial charge in [-0.3, -0.25) is 19.9 Å². The summed E-state index contributed by atoms with van der Waals surface area (Å²) in [4.78, 5) is 36.3. The summed E-state index contributed by atoms with van der Waals surface area (Å²) in [6.07, 6.45) is 0. The van der Waals surface area contributed by atoms with Crippen molar-refractivity contribution < 1.29 is 14.7 Å². The highest BCUT2D eigenvalue weighted by molar-refractivity contribution is 5.95. The fraction of sp³-hybridized carbons (Fsp3) is 0.385. The number of nitrogens with zero attached hydrogens (tertiary/aromatic N) is 3. The van der Waals surface area contributed by atoms with Crippen molar-refractivity contribution in [1.29, 1.82) is 5.41 Å². The van der Waals surface area contributed by atoms with Gasteiger partial charge < -0.3 is 26.0 Å². The topological polar surface area (TPSA) is 151 Å². The van der Waals surface area contributed by atoms with Crippen molar-refractivity contribution in [3.05, 3.63) is 58.9 Å². The Kier molecular flexibility index (Phi) is 7.99. The van der Waals surface area contributed by atoms with Gasteiger partial charge in [0.1, 0.15) is 11.7 Å². The van der Waals surface area contributed by atoms with E-state index in [1.165, 1.54) is 0 Å². The normalized spacial score (nSPS) is 12.9. The summed E-state index contributed by atoms with van der Waals surface area (Å²) in [6.45, 7) is 6.83. The summed E-state index contributed by atoms with van der Waals surface area (Å²) in [6, 6.07) is 11.1. The summed E-state index contributed by atoms with van der Waals surface area (Å²) in [5, 5.41) is 20.1. The van der Waals surface area contributed by atoms with Crippen LogP contribution in [-0.4, -0.2) is 76.3 Å². The van der Waals surface area contributed by atoms with Crippen LogP contribution in [0.15, 0.2) is 36.4 Å². The summed E-state index contributed by atoms with van der Waals surface area (Å²) in [7, 11) is 3.47. The second kappa shape index (κ2) is 10.8. The van der Waals surface area contributed by atoms with E-state index < -0.39 is 11.4 Å². The average Bonchev–Trinajstić information content (AvgIpc) is 3.25. The molecular formula is C26H35N7O3. The molecule has 36 heavy (non-hydrogen) atoms. The van der Waals surface area contributed by atoms with E-state index in [0.29, 0.717) is 18.7 Å². The number of hydrogen-bond donors (Lipinski definition) is 5. The average molecular weight is 494 g/mol. The molecule has 0 fully saturated rings. The number of nitrogens with one attached hydrogen (secondary N) is 3. The molecule has 0 saturated carbocycles. The SMILES string of the molecule is CCN(C)C(=O)C(C)(CN(C)CC(=O)O)c1ccc2[nH]c(CNc3ccc(C(=N)N)cc3)nc2c1C. The number of benzene rings is 2. The number of aromatic amines is 1. The zero-order valence-electron chi connectivity index (χ0n) is 21.5. The smallest absolute Gasteiger partial charge is 0.317 e. The summed E-state index contributed by atoms with van der Waals surface area (Å²) < 4.78 is 0. The van der Waals surface area contributed by atoms with E-state index >= 15 is 0 Å². The largest absolute Gasteiger partial charge is 0.480 e. The predicted molar refractivity (Wildman–Crippen MR) is 141 cm³/mol. The number of carbonyl (C=O) groups excluding carboxylic acids is 1. The van der Waals surface area contributed by atoms with Gasteiger partial charge in [-0.1, -0.05) is 6.07 Å². The Morgan fingerprint density at radius 3 is 2.44 bits per heavy atom. The van der Waals surface area contributed by atoms with Crippen molar-refractivity contribution in [1.82, 2.24) is 19.8 Å². The standard InChI is InChI=1S/C26H35N7O3/c1-6-33(5)25(36)26(3,15-32(4)14-22(34)35)19-11-12-20-23(16(19)2)31-21(30-20)13-29-18-9-7-17(8-10-18)24(27)28/h7-12,29H,6,13-15H2,1-5H3,(H3,27,28)(H,30,31)(H,34,35). The van der Waals surface area contributed by atoms with Crippen LogP contribution in [0.5, 0.6) is 0 Å². The molecule has 0 radical (unpaired) electrons. The van der Waals surface area contributed by atoms with Crippen molar-refractivity contribution >= 4 is 34.4 Å². The van der Waals surface area contributed by atoms with Gasteiger partial charge in [-0.25, -0.2) is 4.98 Å². The highest BCUT2D eigenvalue weighted by atomic mass is 16.4. The molecule has 1 amide bonds. The molecule has 2 aromatic carbocycles. The van der Waals surface area contributed by atoms with Crippen molar-refractivity contribution in [2.45, 2.75) is 32.7 Å². The Hall–Kier alpha value is -3.92. The number of anilines is 1. The van der Waals surface area contributed by atoms with Gasteiger partial charge in [-0.15, -0.1) is 0 Å². The summed E-state index contributed by atoms with van der Waals surface area (Å²) >= 11 is 0. The van der Waals surface area contributed by atoms with Gasteiger partial charge in [0.05, 0.1) is 29.5 Å². The maximum absolute atomic E-state index is 13.5. The van der Waals surface area contributed by atoms with E-state index in [-0.39, 0.29) is 24.8 Å². The lowest BCUT2D eigenvalue weighted by Gasteiger charge is -2.36. The first-order valence-corrected chi connectivity index (χ1v) is 11.8. The van der Waals surface area contributed by atoms with Crippen LogP contribution in [-0.2, 0) is 21.5 Å². The van der Waals surface area contributed by atoms with E-state index in [0.717, 1.165) is 33.7 Å². The van der Waals surface area contributed by atoms with Gasteiger partial charge in [0.2, 0.25) is 5.91 Å². The fourth-order valence-corrected chi connectivity index (χ4v) is 4.56. The number of nitrogen functional groups attached to an aromatic ring is 1. The molecule has 0 aliphatic carbocycles. The van der Waals surface area contributed by atoms with Gasteiger partial charge in [0, 0.05) is 31.4 Å². The van der Waals surface area contributed by atoms with Crippen LogP contribution < -0.4 is 11.1 Å². The van der Waals surface area contributed by atoms with Crippen LogP contribution in [0.2, 0.25) is 0 Å². The number of nitrogens with two attached hydrogens (primary N) is 1. The Balaban J connectivity index is 1.92. The van der Waals surface area contributed by atoms with Gasteiger partial charge in [-0.05, 0) is 69.3 Å². The number of amides is 1. The first-order chi connectivity index (χ1) is 17.0. The molecule has 1 heterocycles. The maximum Gasteiger partial charge on any atom is 0.317 e. The zero-order chi connectivity index (χ0) is 26.6. The van der Waals surface area contributed by atoms with E-state index in [4.69, 9.17) is 16.1 Å². The number of carboxylic acids is 1. The minimum atomic E-state index is -0.955. The van der Waals surface area contributed by atoms with Gasteiger partial charge >= 0.3 is 5.97 Å². The van der Waals surface area contributed by atoms with Crippen LogP contribution in [0.25, 0.3) is 11.0 Å². The van der Waals surface area contributed by atoms with Gasteiger partial charge in [0.15, 0.2) is 0 Å². The maximum atomic E-state index is 13.5.